The van der Waals surface area contributed by atoms with Crippen LogP contribution in [0.25, 0.3) is 5.65 Å². The maximum atomic E-state index is 12.5. The highest BCUT2D eigenvalue weighted by Crippen LogP contribution is 2.26. The average molecular weight is 357 g/mol. The molecule has 3 heterocycles. The Morgan fingerprint density at radius 2 is 2.12 bits per heavy atom. The van der Waals surface area contributed by atoms with Crippen LogP contribution in [0.4, 0.5) is 0 Å². The highest BCUT2D eigenvalue weighted by molar-refractivity contribution is 5.76. The van der Waals surface area contributed by atoms with Crippen LogP contribution in [-0.2, 0) is 9.59 Å². The van der Waals surface area contributed by atoms with Gasteiger partial charge in [-0.1, -0.05) is 12.5 Å². The molecule has 7 nitrogen and oxygen atoms in total. The minimum Gasteiger partial charge on any atom is -0.356 e. The number of amides is 2. The van der Waals surface area contributed by atoms with Crippen molar-refractivity contribution in [1.82, 2.24) is 24.8 Å². The maximum absolute atomic E-state index is 12.5. The molecule has 7 heteroatoms. The minimum absolute atomic E-state index is 0.00133. The molecule has 1 unspecified atom stereocenters. The van der Waals surface area contributed by atoms with Crippen molar-refractivity contribution in [2.75, 3.05) is 19.6 Å². The Morgan fingerprint density at radius 1 is 1.23 bits per heavy atom. The number of carbonyl (C=O) groups is 2. The molecule has 0 aliphatic carbocycles. The predicted octanol–water partition coefficient (Wildman–Crippen LogP) is 2.13. The van der Waals surface area contributed by atoms with Gasteiger partial charge in [0.2, 0.25) is 11.8 Å². The lowest BCUT2D eigenvalue weighted by atomic mass is 9.96. The number of nitrogens with one attached hydrogen (secondary N) is 1. The first-order chi connectivity index (χ1) is 12.6. The molecule has 140 valence electrons. The molecule has 0 bridgehead atoms. The van der Waals surface area contributed by atoms with Gasteiger partial charge < -0.3 is 10.2 Å². The highest BCUT2D eigenvalue weighted by Gasteiger charge is 2.27. The molecule has 0 aromatic carbocycles. The van der Waals surface area contributed by atoms with E-state index in [1.165, 1.54) is 6.92 Å². The molecule has 26 heavy (non-hydrogen) atoms. The van der Waals surface area contributed by atoms with Crippen LogP contribution < -0.4 is 5.32 Å². The Bertz CT molecular complexity index is 757. The Balaban J connectivity index is 1.49. The number of fused-ring (bicyclic) bond motifs is 1. The largest absolute Gasteiger partial charge is 0.356 e. The zero-order valence-electron chi connectivity index (χ0n) is 15.4. The number of hydrogen-bond donors (Lipinski definition) is 1. The topological polar surface area (TPSA) is 79.6 Å². The second kappa shape index (κ2) is 8.78. The number of pyridine rings is 1. The predicted molar refractivity (Wildman–Crippen MR) is 98.7 cm³/mol. The molecule has 2 aromatic rings. The first-order valence-electron chi connectivity index (χ1n) is 9.47. The van der Waals surface area contributed by atoms with Crippen LogP contribution in [0.3, 0.4) is 0 Å². The molecule has 2 amide bonds. The van der Waals surface area contributed by atoms with Gasteiger partial charge in [-0.25, -0.2) is 0 Å². The van der Waals surface area contributed by atoms with Gasteiger partial charge in [0.15, 0.2) is 5.65 Å². The molecule has 1 aliphatic heterocycles. The molecule has 1 aliphatic rings. The molecule has 1 N–H and O–H groups in total. The standard InChI is InChI=1S/C19H27N5O2/c1-15(25)20-11-5-2-3-10-18(26)23-12-7-8-16(14-23)19-22-21-17-9-4-6-13-24(17)19/h4,6,9,13,16H,2-3,5,7-8,10-12,14H2,1H3,(H,20,25). The van der Waals surface area contributed by atoms with Gasteiger partial charge in [0, 0.05) is 45.1 Å². The summed E-state index contributed by atoms with van der Waals surface area (Å²) in [6.07, 6.45) is 7.34. The molecule has 1 saturated heterocycles. The number of piperidine rings is 1. The maximum Gasteiger partial charge on any atom is 0.222 e. The Morgan fingerprint density at radius 3 is 2.96 bits per heavy atom. The number of nitrogens with zero attached hydrogens (tertiary/aromatic N) is 4. The summed E-state index contributed by atoms with van der Waals surface area (Å²) in [4.78, 5) is 25.3. The van der Waals surface area contributed by atoms with E-state index in [4.69, 9.17) is 0 Å². The monoisotopic (exact) mass is 357 g/mol. The highest BCUT2D eigenvalue weighted by atomic mass is 16.2. The first kappa shape index (κ1) is 18.4. The third-order valence-electron chi connectivity index (χ3n) is 4.92. The summed E-state index contributed by atoms with van der Waals surface area (Å²) < 4.78 is 2.03. The van der Waals surface area contributed by atoms with Crippen LogP contribution in [0.5, 0.6) is 0 Å². The van der Waals surface area contributed by atoms with Gasteiger partial charge in [0.1, 0.15) is 5.82 Å². The third kappa shape index (κ3) is 4.59. The van der Waals surface area contributed by atoms with Crippen LogP contribution in [-0.4, -0.2) is 50.9 Å². The number of aromatic nitrogens is 3. The van der Waals surface area contributed by atoms with E-state index in [2.05, 4.69) is 15.5 Å². The summed E-state index contributed by atoms with van der Waals surface area (Å²) in [5, 5.41) is 11.4. The third-order valence-corrected chi connectivity index (χ3v) is 4.92. The van der Waals surface area contributed by atoms with E-state index in [9.17, 15) is 9.59 Å². The van der Waals surface area contributed by atoms with Crippen molar-refractivity contribution in [3.8, 4) is 0 Å². The van der Waals surface area contributed by atoms with Gasteiger partial charge in [0.05, 0.1) is 0 Å². The number of unbranched alkanes of at least 4 members (excludes halogenated alkanes) is 2. The van der Waals surface area contributed by atoms with Crippen molar-refractivity contribution in [1.29, 1.82) is 0 Å². The molecule has 3 rings (SSSR count). The van der Waals surface area contributed by atoms with Crippen LogP contribution >= 0.6 is 0 Å². The van der Waals surface area contributed by atoms with E-state index in [1.807, 2.05) is 33.7 Å². The summed E-state index contributed by atoms with van der Waals surface area (Å²) in [6, 6.07) is 5.88. The van der Waals surface area contributed by atoms with Gasteiger partial charge in [-0.3, -0.25) is 14.0 Å². The minimum atomic E-state index is 0.00133. The fourth-order valence-electron chi connectivity index (χ4n) is 3.55. The van der Waals surface area contributed by atoms with Gasteiger partial charge in [0.25, 0.3) is 0 Å². The number of carbonyl (C=O) groups excluding carboxylic acids is 2. The molecule has 1 atom stereocenters. The summed E-state index contributed by atoms with van der Waals surface area (Å²) in [7, 11) is 0. The van der Waals surface area contributed by atoms with E-state index >= 15 is 0 Å². The van der Waals surface area contributed by atoms with E-state index in [0.717, 1.165) is 56.7 Å². The van der Waals surface area contributed by atoms with Crippen molar-refractivity contribution >= 4 is 17.5 Å². The zero-order valence-corrected chi connectivity index (χ0v) is 15.4. The van der Waals surface area contributed by atoms with Crippen molar-refractivity contribution in [3.63, 3.8) is 0 Å². The lowest BCUT2D eigenvalue weighted by molar-refractivity contribution is -0.132. The fraction of sp³-hybridized carbons (Fsp3) is 0.579. The van der Waals surface area contributed by atoms with Crippen LogP contribution in [0.2, 0.25) is 0 Å². The van der Waals surface area contributed by atoms with Crippen molar-refractivity contribution in [2.45, 2.75) is 51.4 Å². The van der Waals surface area contributed by atoms with Gasteiger partial charge >= 0.3 is 0 Å². The summed E-state index contributed by atoms with van der Waals surface area (Å²) >= 11 is 0. The van der Waals surface area contributed by atoms with E-state index in [-0.39, 0.29) is 17.7 Å². The number of hydrogen-bond acceptors (Lipinski definition) is 4. The number of rotatable bonds is 7. The lowest BCUT2D eigenvalue weighted by Crippen LogP contribution is -2.39. The molecule has 0 saturated carbocycles. The van der Waals surface area contributed by atoms with Gasteiger partial charge in [-0.2, -0.15) is 0 Å². The van der Waals surface area contributed by atoms with Crippen molar-refractivity contribution < 1.29 is 9.59 Å². The normalized spacial score (nSPS) is 17.4. The van der Waals surface area contributed by atoms with Gasteiger partial charge in [-0.05, 0) is 37.8 Å². The Hall–Kier alpha value is -2.44. The first-order valence-corrected chi connectivity index (χ1v) is 9.47. The van der Waals surface area contributed by atoms with E-state index < -0.39 is 0 Å². The molecule has 0 spiro atoms. The summed E-state index contributed by atoms with van der Waals surface area (Å²) in [5.41, 5.74) is 0.852. The molecule has 1 fully saturated rings. The zero-order chi connectivity index (χ0) is 18.4. The second-order valence-electron chi connectivity index (χ2n) is 6.96. The van der Waals surface area contributed by atoms with E-state index in [1.54, 1.807) is 0 Å². The molecular weight excluding hydrogens is 330 g/mol. The smallest absolute Gasteiger partial charge is 0.222 e. The summed E-state index contributed by atoms with van der Waals surface area (Å²) in [6.45, 7) is 3.77. The van der Waals surface area contributed by atoms with Crippen LogP contribution in [0.15, 0.2) is 24.4 Å². The van der Waals surface area contributed by atoms with Crippen molar-refractivity contribution in [3.05, 3.63) is 30.2 Å². The average Bonchev–Trinajstić information content (AvgIpc) is 3.08. The molecular formula is C19H27N5O2. The fourth-order valence-corrected chi connectivity index (χ4v) is 3.55. The van der Waals surface area contributed by atoms with E-state index in [0.29, 0.717) is 13.0 Å². The van der Waals surface area contributed by atoms with Crippen LogP contribution in [0.1, 0.15) is 57.2 Å². The SMILES string of the molecule is CC(=O)NCCCCCC(=O)N1CCCC(c2nnc3ccccn23)C1. The summed E-state index contributed by atoms with van der Waals surface area (Å²) in [5.74, 6) is 1.42. The van der Waals surface area contributed by atoms with Crippen LogP contribution in [0, 0.1) is 0 Å². The Kier molecular flexibility index (Phi) is 6.20. The quantitative estimate of drug-likeness (QED) is 0.770. The number of likely N-dealkylation sites (tertiary alicyclic amines) is 1. The molecule has 2 aromatic heterocycles. The lowest BCUT2D eigenvalue weighted by Gasteiger charge is -2.32. The Labute approximate surface area is 153 Å². The van der Waals surface area contributed by atoms with Crippen molar-refractivity contribution in [2.24, 2.45) is 0 Å². The second-order valence-corrected chi connectivity index (χ2v) is 6.96. The van der Waals surface area contributed by atoms with Gasteiger partial charge in [-0.15, -0.1) is 10.2 Å². The molecule has 0 radical (unpaired) electrons.